The summed E-state index contributed by atoms with van der Waals surface area (Å²) < 4.78 is 42.4. The van der Waals surface area contributed by atoms with E-state index >= 15 is 0 Å². The minimum Gasteiger partial charge on any atom is -0.374 e. The highest BCUT2D eigenvalue weighted by molar-refractivity contribution is 9.10. The van der Waals surface area contributed by atoms with Gasteiger partial charge in [-0.1, -0.05) is 28.4 Å². The Morgan fingerprint density at radius 3 is 2.33 bits per heavy atom. The van der Waals surface area contributed by atoms with Gasteiger partial charge in [-0.15, -0.1) is 11.3 Å². The van der Waals surface area contributed by atoms with Crippen LogP contribution in [0, 0.1) is 6.92 Å². The summed E-state index contributed by atoms with van der Waals surface area (Å²) in [5.41, 5.74) is -2.53. The third kappa shape index (κ3) is 3.07. The second kappa shape index (κ2) is 6.20. The summed E-state index contributed by atoms with van der Waals surface area (Å²) in [6.07, 6.45) is -5.13. The Morgan fingerprint density at radius 2 is 1.83 bits per heavy atom. The number of hydrogen-bond donors (Lipinski definition) is 0. The molecule has 24 heavy (non-hydrogen) atoms. The van der Waals surface area contributed by atoms with E-state index in [1.807, 2.05) is 6.92 Å². The van der Waals surface area contributed by atoms with E-state index in [9.17, 15) is 13.2 Å². The second-order valence-electron chi connectivity index (χ2n) is 5.30. The number of halogens is 6. The monoisotopic (exact) mass is 457 g/mol. The average molecular weight is 459 g/mol. The van der Waals surface area contributed by atoms with Gasteiger partial charge in [-0.2, -0.15) is 13.2 Å². The molecule has 3 rings (SSSR count). The molecular weight excluding hydrogens is 450 g/mol. The van der Waals surface area contributed by atoms with Crippen LogP contribution < -0.4 is 0 Å². The van der Waals surface area contributed by atoms with Gasteiger partial charge < -0.3 is 4.84 Å². The summed E-state index contributed by atoms with van der Waals surface area (Å²) in [7, 11) is 0. The van der Waals surface area contributed by atoms with E-state index in [1.54, 1.807) is 6.07 Å². The van der Waals surface area contributed by atoms with Gasteiger partial charge >= 0.3 is 6.18 Å². The predicted molar refractivity (Wildman–Crippen MR) is 93.2 cm³/mol. The topological polar surface area (TPSA) is 21.6 Å². The molecular formula is C15H9BrCl2F3NOS. The smallest absolute Gasteiger partial charge is 0.374 e. The number of thiophene rings is 1. The largest absolute Gasteiger partial charge is 0.435 e. The summed E-state index contributed by atoms with van der Waals surface area (Å²) in [4.78, 5) is 6.53. The first-order valence-electron chi connectivity index (χ1n) is 6.67. The normalized spacial score (nSPS) is 20.9. The van der Waals surface area contributed by atoms with E-state index in [1.165, 1.54) is 29.5 Å². The summed E-state index contributed by atoms with van der Waals surface area (Å²) in [5.74, 6) is 0. The number of benzene rings is 1. The Kier molecular flexibility index (Phi) is 4.66. The van der Waals surface area contributed by atoms with Gasteiger partial charge in [0.05, 0.1) is 11.3 Å². The molecule has 1 unspecified atom stereocenters. The standard InChI is InChI=1S/C15H9BrCl2F3NOS/c1-7-11(16)5-13(24-7)12-6-14(23-22-12,15(19,20)21)8-2-9(17)4-10(18)3-8/h2-5H,6H2,1H3. The van der Waals surface area contributed by atoms with Crippen molar-refractivity contribution < 1.29 is 18.0 Å². The van der Waals surface area contributed by atoms with Crippen LogP contribution in [0.1, 0.15) is 21.7 Å². The first kappa shape index (κ1) is 18.0. The minimum atomic E-state index is -4.68. The van der Waals surface area contributed by atoms with Crippen LogP contribution in [0.15, 0.2) is 33.9 Å². The molecule has 1 aromatic heterocycles. The molecule has 0 bridgehead atoms. The van der Waals surface area contributed by atoms with Gasteiger partial charge in [0.15, 0.2) is 0 Å². The molecule has 2 aromatic rings. The molecule has 0 saturated carbocycles. The van der Waals surface area contributed by atoms with E-state index in [0.29, 0.717) is 4.88 Å². The van der Waals surface area contributed by atoms with Crippen LogP contribution in [0.2, 0.25) is 10.0 Å². The van der Waals surface area contributed by atoms with Crippen molar-refractivity contribution in [1.82, 2.24) is 0 Å². The maximum absolute atomic E-state index is 13.8. The number of alkyl halides is 3. The number of rotatable bonds is 2. The summed E-state index contributed by atoms with van der Waals surface area (Å²) >= 11 is 16.4. The Balaban J connectivity index is 2.05. The van der Waals surface area contributed by atoms with Gasteiger partial charge in [0, 0.05) is 25.0 Å². The summed E-state index contributed by atoms with van der Waals surface area (Å²) in [5, 5.41) is 3.93. The van der Waals surface area contributed by atoms with Crippen LogP contribution >= 0.6 is 50.5 Å². The Bertz CT molecular complexity index is 797. The fraction of sp³-hybridized carbons (Fsp3) is 0.267. The highest BCUT2D eigenvalue weighted by Crippen LogP contribution is 2.50. The van der Waals surface area contributed by atoms with Gasteiger partial charge in [0.1, 0.15) is 5.71 Å². The zero-order chi connectivity index (χ0) is 17.7. The fourth-order valence-electron chi connectivity index (χ4n) is 2.42. The van der Waals surface area contributed by atoms with Crippen LogP contribution in [-0.2, 0) is 10.4 Å². The van der Waals surface area contributed by atoms with Crippen molar-refractivity contribution in [2.45, 2.75) is 25.1 Å². The minimum absolute atomic E-state index is 0.105. The molecule has 0 spiro atoms. The SMILES string of the molecule is Cc1sc(C2=NOC(c3cc(Cl)cc(Cl)c3)(C(F)(F)F)C2)cc1Br. The van der Waals surface area contributed by atoms with Crippen LogP contribution in [-0.4, -0.2) is 11.9 Å². The van der Waals surface area contributed by atoms with Gasteiger partial charge in [0.25, 0.3) is 5.60 Å². The highest BCUT2D eigenvalue weighted by atomic mass is 79.9. The first-order chi connectivity index (χ1) is 11.1. The molecule has 128 valence electrons. The highest BCUT2D eigenvalue weighted by Gasteiger charge is 2.62. The third-order valence-electron chi connectivity index (χ3n) is 3.66. The van der Waals surface area contributed by atoms with Crippen LogP contribution in [0.5, 0.6) is 0 Å². The fourth-order valence-corrected chi connectivity index (χ4v) is 4.46. The van der Waals surface area contributed by atoms with Gasteiger partial charge in [0.2, 0.25) is 0 Å². The molecule has 1 aromatic carbocycles. The van der Waals surface area contributed by atoms with Crippen molar-refractivity contribution in [3.05, 3.63) is 54.1 Å². The lowest BCUT2D eigenvalue weighted by molar-refractivity contribution is -0.275. The summed E-state index contributed by atoms with van der Waals surface area (Å²) in [6, 6.07) is 5.51. The summed E-state index contributed by atoms with van der Waals surface area (Å²) in [6.45, 7) is 1.86. The van der Waals surface area contributed by atoms with Crippen LogP contribution in [0.4, 0.5) is 13.2 Å². The number of nitrogens with zero attached hydrogens (tertiary/aromatic N) is 1. The van der Waals surface area contributed by atoms with Crippen molar-refractivity contribution in [3.63, 3.8) is 0 Å². The average Bonchev–Trinajstić information content (AvgIpc) is 3.03. The molecule has 1 aliphatic heterocycles. The molecule has 2 nitrogen and oxygen atoms in total. The van der Waals surface area contributed by atoms with Crippen molar-refractivity contribution in [2.75, 3.05) is 0 Å². The first-order valence-corrected chi connectivity index (χ1v) is 9.03. The van der Waals surface area contributed by atoms with Gasteiger partial charge in [-0.05, 0) is 47.1 Å². The lowest BCUT2D eigenvalue weighted by Crippen LogP contribution is -2.42. The maximum Gasteiger partial charge on any atom is 0.435 e. The number of oxime groups is 1. The second-order valence-corrected chi connectivity index (χ2v) is 8.29. The van der Waals surface area contributed by atoms with E-state index < -0.39 is 18.2 Å². The quantitative estimate of drug-likeness (QED) is 0.490. The molecule has 2 heterocycles. The van der Waals surface area contributed by atoms with E-state index in [4.69, 9.17) is 28.0 Å². The van der Waals surface area contributed by atoms with Crippen molar-refractivity contribution >= 4 is 56.2 Å². The number of hydrogen-bond acceptors (Lipinski definition) is 3. The molecule has 9 heteroatoms. The van der Waals surface area contributed by atoms with Gasteiger partial charge in [-0.25, -0.2) is 0 Å². The molecule has 0 amide bonds. The Morgan fingerprint density at radius 1 is 1.21 bits per heavy atom. The van der Waals surface area contributed by atoms with Crippen molar-refractivity contribution in [3.8, 4) is 0 Å². The van der Waals surface area contributed by atoms with Crippen molar-refractivity contribution in [1.29, 1.82) is 0 Å². The molecule has 0 saturated heterocycles. The van der Waals surface area contributed by atoms with Gasteiger partial charge in [-0.3, -0.25) is 0 Å². The predicted octanol–water partition coefficient (Wildman–Crippen LogP) is 6.71. The molecule has 1 atom stereocenters. The van der Waals surface area contributed by atoms with E-state index in [-0.39, 0.29) is 21.3 Å². The molecule has 1 aliphatic rings. The molecule has 0 aliphatic carbocycles. The molecule has 0 fully saturated rings. The van der Waals surface area contributed by atoms with E-state index in [2.05, 4.69) is 21.1 Å². The molecule has 0 N–H and O–H groups in total. The third-order valence-corrected chi connectivity index (χ3v) is 6.28. The Hall–Kier alpha value is -0.760. The zero-order valence-electron chi connectivity index (χ0n) is 12.0. The zero-order valence-corrected chi connectivity index (χ0v) is 16.0. The number of aryl methyl sites for hydroxylation is 1. The lowest BCUT2D eigenvalue weighted by Gasteiger charge is -2.29. The maximum atomic E-state index is 13.8. The Labute approximate surface area is 158 Å². The van der Waals surface area contributed by atoms with Crippen LogP contribution in [0.25, 0.3) is 0 Å². The van der Waals surface area contributed by atoms with Crippen molar-refractivity contribution in [2.24, 2.45) is 5.16 Å². The van der Waals surface area contributed by atoms with E-state index in [0.717, 1.165) is 9.35 Å². The molecule has 0 radical (unpaired) electrons. The lowest BCUT2D eigenvalue weighted by atomic mass is 9.88. The van der Waals surface area contributed by atoms with Crippen LogP contribution in [0.3, 0.4) is 0 Å².